The van der Waals surface area contributed by atoms with E-state index in [4.69, 9.17) is 9.15 Å². The molecule has 0 N–H and O–H groups in total. The summed E-state index contributed by atoms with van der Waals surface area (Å²) in [4.78, 5) is 40.6. The lowest BCUT2D eigenvalue weighted by molar-refractivity contribution is 0.0255. The first-order valence-corrected chi connectivity index (χ1v) is 9.46. The molecule has 2 heterocycles. The van der Waals surface area contributed by atoms with Gasteiger partial charge in [-0.2, -0.15) is 0 Å². The molecule has 1 aliphatic heterocycles. The first-order chi connectivity index (χ1) is 13.1. The van der Waals surface area contributed by atoms with Crippen LogP contribution in [0.4, 0.5) is 4.79 Å². The number of carbonyl (C=O) groups is 2. The number of hydrogen-bond donors (Lipinski definition) is 0. The SMILES string of the molecule is Cc1ccc2cc(C(=O)N3CCCN(C(=O)OC(C)(C)C)CC3)oc(=O)c2c1. The molecule has 0 atom stereocenters. The van der Waals surface area contributed by atoms with Crippen molar-refractivity contribution >= 4 is 22.8 Å². The van der Waals surface area contributed by atoms with Crippen molar-refractivity contribution in [3.63, 3.8) is 0 Å². The van der Waals surface area contributed by atoms with Gasteiger partial charge in [-0.15, -0.1) is 0 Å². The second-order valence-corrected chi connectivity index (χ2v) is 8.10. The van der Waals surface area contributed by atoms with Gasteiger partial charge in [0.1, 0.15) is 5.60 Å². The molecule has 2 aromatic rings. The second kappa shape index (κ2) is 7.66. The highest BCUT2D eigenvalue weighted by atomic mass is 16.6. The van der Waals surface area contributed by atoms with Crippen molar-refractivity contribution in [1.82, 2.24) is 9.80 Å². The Bertz CT molecular complexity index is 957. The fourth-order valence-corrected chi connectivity index (χ4v) is 3.19. The van der Waals surface area contributed by atoms with Crippen LogP contribution >= 0.6 is 0 Å². The van der Waals surface area contributed by atoms with Crippen molar-refractivity contribution in [3.05, 3.63) is 46.0 Å². The number of hydrogen-bond acceptors (Lipinski definition) is 5. The van der Waals surface area contributed by atoms with Crippen LogP contribution in [0.5, 0.6) is 0 Å². The van der Waals surface area contributed by atoms with Crippen molar-refractivity contribution in [1.29, 1.82) is 0 Å². The predicted molar refractivity (Wildman–Crippen MR) is 106 cm³/mol. The fourth-order valence-electron chi connectivity index (χ4n) is 3.19. The number of benzene rings is 1. The smallest absolute Gasteiger partial charge is 0.410 e. The Balaban J connectivity index is 1.75. The molecule has 7 nitrogen and oxygen atoms in total. The summed E-state index contributed by atoms with van der Waals surface area (Å²) in [5.74, 6) is -0.322. The van der Waals surface area contributed by atoms with E-state index in [1.54, 1.807) is 21.9 Å². The third kappa shape index (κ3) is 4.52. The Kier molecular flexibility index (Phi) is 5.45. The Hall–Kier alpha value is -2.83. The van der Waals surface area contributed by atoms with E-state index in [2.05, 4.69) is 0 Å². The lowest BCUT2D eigenvalue weighted by Gasteiger charge is -2.26. The summed E-state index contributed by atoms with van der Waals surface area (Å²) >= 11 is 0. The molecule has 0 unspecified atom stereocenters. The Labute approximate surface area is 163 Å². The first kappa shape index (κ1) is 19.9. The van der Waals surface area contributed by atoms with Gasteiger partial charge in [0.15, 0.2) is 5.76 Å². The molecule has 7 heteroatoms. The molecule has 0 aliphatic carbocycles. The van der Waals surface area contributed by atoms with Gasteiger partial charge in [0.2, 0.25) is 0 Å². The summed E-state index contributed by atoms with van der Waals surface area (Å²) in [7, 11) is 0. The molecule has 28 heavy (non-hydrogen) atoms. The summed E-state index contributed by atoms with van der Waals surface area (Å²) in [6.07, 6.45) is 0.247. The maximum atomic E-state index is 12.9. The Morgan fingerprint density at radius 2 is 1.71 bits per heavy atom. The summed E-state index contributed by atoms with van der Waals surface area (Å²) in [6.45, 7) is 9.08. The van der Waals surface area contributed by atoms with Gasteiger partial charge in [-0.05, 0) is 51.6 Å². The number of fused-ring (bicyclic) bond motifs is 1. The third-order valence-electron chi connectivity index (χ3n) is 4.56. The molecular weight excluding hydrogens is 360 g/mol. The van der Waals surface area contributed by atoms with Crippen LogP contribution in [0, 0.1) is 6.92 Å². The van der Waals surface area contributed by atoms with E-state index in [-0.39, 0.29) is 17.8 Å². The minimum atomic E-state index is -0.564. The van der Waals surface area contributed by atoms with E-state index in [0.717, 1.165) is 5.56 Å². The zero-order chi connectivity index (χ0) is 20.5. The minimum Gasteiger partial charge on any atom is -0.444 e. The summed E-state index contributed by atoms with van der Waals surface area (Å²) in [5, 5.41) is 1.14. The van der Waals surface area contributed by atoms with E-state index in [0.29, 0.717) is 43.4 Å². The van der Waals surface area contributed by atoms with Crippen molar-refractivity contribution in [2.75, 3.05) is 26.2 Å². The molecule has 1 aromatic carbocycles. The van der Waals surface area contributed by atoms with E-state index in [1.165, 1.54) is 0 Å². The van der Waals surface area contributed by atoms with Gasteiger partial charge in [0.05, 0.1) is 5.39 Å². The lowest BCUT2D eigenvalue weighted by Crippen LogP contribution is -2.40. The largest absolute Gasteiger partial charge is 0.444 e. The number of nitrogens with zero attached hydrogens (tertiary/aromatic N) is 2. The molecule has 2 amide bonds. The Morgan fingerprint density at radius 1 is 1.04 bits per heavy atom. The van der Waals surface area contributed by atoms with Gasteiger partial charge < -0.3 is 19.0 Å². The average Bonchev–Trinajstić information content (AvgIpc) is 2.86. The highest BCUT2D eigenvalue weighted by Gasteiger charge is 2.27. The summed E-state index contributed by atoms with van der Waals surface area (Å²) in [5.41, 5.74) is -0.130. The molecular formula is C21H26N2O5. The van der Waals surface area contributed by atoms with Crippen molar-refractivity contribution in [2.24, 2.45) is 0 Å². The lowest BCUT2D eigenvalue weighted by atomic mass is 10.1. The van der Waals surface area contributed by atoms with Crippen LogP contribution in [0.25, 0.3) is 10.8 Å². The van der Waals surface area contributed by atoms with E-state index >= 15 is 0 Å². The maximum Gasteiger partial charge on any atom is 0.410 e. The van der Waals surface area contributed by atoms with Gasteiger partial charge in [0.25, 0.3) is 5.91 Å². The molecule has 0 bridgehead atoms. The van der Waals surface area contributed by atoms with Crippen LogP contribution in [-0.2, 0) is 4.74 Å². The van der Waals surface area contributed by atoms with Crippen LogP contribution in [-0.4, -0.2) is 53.6 Å². The predicted octanol–water partition coefficient (Wildman–Crippen LogP) is 3.18. The molecule has 3 rings (SSSR count). The average molecular weight is 386 g/mol. The van der Waals surface area contributed by atoms with Crippen LogP contribution in [0.3, 0.4) is 0 Å². The summed E-state index contributed by atoms with van der Waals surface area (Å²) < 4.78 is 10.7. The molecule has 1 aliphatic rings. The highest BCUT2D eigenvalue weighted by molar-refractivity contribution is 5.95. The minimum absolute atomic E-state index is 0.0204. The van der Waals surface area contributed by atoms with Gasteiger partial charge in [-0.1, -0.05) is 17.7 Å². The van der Waals surface area contributed by atoms with Gasteiger partial charge in [-0.25, -0.2) is 9.59 Å². The van der Waals surface area contributed by atoms with Crippen molar-refractivity contribution < 1.29 is 18.7 Å². The van der Waals surface area contributed by atoms with Crippen molar-refractivity contribution in [3.8, 4) is 0 Å². The zero-order valence-electron chi connectivity index (χ0n) is 16.8. The number of amides is 2. The molecule has 0 radical (unpaired) electrons. The number of ether oxygens (including phenoxy) is 1. The highest BCUT2D eigenvalue weighted by Crippen LogP contribution is 2.17. The van der Waals surface area contributed by atoms with Crippen molar-refractivity contribution in [2.45, 2.75) is 39.7 Å². The van der Waals surface area contributed by atoms with Gasteiger partial charge >= 0.3 is 11.7 Å². The topological polar surface area (TPSA) is 80.1 Å². The molecule has 1 aromatic heterocycles. The normalized spacial score (nSPS) is 15.4. The molecule has 1 saturated heterocycles. The number of carbonyl (C=O) groups excluding carboxylic acids is 2. The number of rotatable bonds is 1. The molecule has 150 valence electrons. The second-order valence-electron chi connectivity index (χ2n) is 8.10. The van der Waals surface area contributed by atoms with E-state index in [1.807, 2.05) is 39.8 Å². The zero-order valence-corrected chi connectivity index (χ0v) is 16.8. The fraction of sp³-hybridized carbons (Fsp3) is 0.476. The van der Waals surface area contributed by atoms with Crippen LogP contribution in [0.15, 0.2) is 33.5 Å². The first-order valence-electron chi connectivity index (χ1n) is 9.46. The van der Waals surface area contributed by atoms with E-state index in [9.17, 15) is 14.4 Å². The molecule has 1 fully saturated rings. The summed E-state index contributed by atoms with van der Waals surface area (Å²) in [6, 6.07) is 7.06. The monoisotopic (exact) mass is 386 g/mol. The maximum absolute atomic E-state index is 12.9. The number of aryl methyl sites for hydroxylation is 1. The standard InChI is InChI=1S/C21H26N2O5/c1-14-6-7-15-13-17(27-19(25)16(15)12-14)18(24)22-8-5-9-23(11-10-22)20(26)28-21(2,3)4/h6-7,12-13H,5,8-11H2,1-4H3. The van der Waals surface area contributed by atoms with Crippen LogP contribution in [0.2, 0.25) is 0 Å². The Morgan fingerprint density at radius 3 is 2.43 bits per heavy atom. The van der Waals surface area contributed by atoms with E-state index < -0.39 is 11.2 Å². The molecule has 0 spiro atoms. The van der Waals surface area contributed by atoms with Crippen LogP contribution in [0.1, 0.15) is 43.3 Å². The molecule has 0 saturated carbocycles. The van der Waals surface area contributed by atoms with Gasteiger partial charge in [-0.3, -0.25) is 4.79 Å². The van der Waals surface area contributed by atoms with Crippen LogP contribution < -0.4 is 5.63 Å². The third-order valence-corrected chi connectivity index (χ3v) is 4.56. The quantitative estimate of drug-likeness (QED) is 0.752. The van der Waals surface area contributed by atoms with Gasteiger partial charge in [0, 0.05) is 26.2 Å².